The number of ether oxygens (including phenoxy) is 2. The van der Waals surface area contributed by atoms with E-state index >= 15 is 0 Å². The van der Waals surface area contributed by atoms with E-state index in [-0.39, 0.29) is 18.1 Å². The number of amides is 1. The van der Waals surface area contributed by atoms with Crippen LogP contribution < -0.4 is 9.47 Å². The second-order valence-electron chi connectivity index (χ2n) is 7.53. The average molecular weight is 407 g/mol. The summed E-state index contributed by atoms with van der Waals surface area (Å²) < 4.78 is 10.9. The van der Waals surface area contributed by atoms with Gasteiger partial charge in [0.25, 0.3) is 11.7 Å². The van der Waals surface area contributed by atoms with Crippen LogP contribution in [0.5, 0.6) is 11.5 Å². The summed E-state index contributed by atoms with van der Waals surface area (Å²) >= 11 is 0. The van der Waals surface area contributed by atoms with Gasteiger partial charge in [0.05, 0.1) is 11.6 Å². The fourth-order valence-corrected chi connectivity index (χ4v) is 4.00. The van der Waals surface area contributed by atoms with Crippen LogP contribution in [0.2, 0.25) is 0 Å². The van der Waals surface area contributed by atoms with E-state index in [0.717, 1.165) is 25.7 Å². The minimum absolute atomic E-state index is 0.112. The van der Waals surface area contributed by atoms with E-state index in [0.29, 0.717) is 29.2 Å². The van der Waals surface area contributed by atoms with Crippen LogP contribution in [0, 0.1) is 0 Å². The average Bonchev–Trinajstić information content (AvgIpc) is 3.34. The Kier molecular flexibility index (Phi) is 5.74. The molecule has 6 nitrogen and oxygen atoms in total. The fourth-order valence-electron chi connectivity index (χ4n) is 4.00. The van der Waals surface area contributed by atoms with Crippen molar-refractivity contribution in [2.45, 2.75) is 38.6 Å². The van der Waals surface area contributed by atoms with E-state index in [2.05, 4.69) is 6.92 Å². The molecule has 30 heavy (non-hydrogen) atoms. The smallest absolute Gasteiger partial charge is 0.295 e. The van der Waals surface area contributed by atoms with E-state index < -0.39 is 17.7 Å². The molecule has 1 N–H and O–H groups in total. The van der Waals surface area contributed by atoms with Crippen LogP contribution in [-0.2, 0) is 9.59 Å². The van der Waals surface area contributed by atoms with Crippen LogP contribution in [0.25, 0.3) is 5.76 Å². The predicted molar refractivity (Wildman–Crippen MR) is 112 cm³/mol. The maximum Gasteiger partial charge on any atom is 0.295 e. The highest BCUT2D eigenvalue weighted by atomic mass is 16.7. The van der Waals surface area contributed by atoms with Crippen LogP contribution >= 0.6 is 0 Å². The van der Waals surface area contributed by atoms with Crippen molar-refractivity contribution in [2.24, 2.45) is 0 Å². The number of carbonyl (C=O) groups excluding carboxylic acids is 2. The molecule has 0 aliphatic carbocycles. The lowest BCUT2D eigenvalue weighted by atomic mass is 9.95. The van der Waals surface area contributed by atoms with Gasteiger partial charge in [0.15, 0.2) is 11.5 Å². The van der Waals surface area contributed by atoms with Gasteiger partial charge in [-0.25, -0.2) is 0 Å². The zero-order valence-electron chi connectivity index (χ0n) is 17.0. The summed E-state index contributed by atoms with van der Waals surface area (Å²) in [6, 6.07) is 13.6. The zero-order valence-corrected chi connectivity index (χ0v) is 17.0. The minimum atomic E-state index is -0.665. The molecule has 0 unspecified atom stereocenters. The number of fused-ring (bicyclic) bond motifs is 1. The normalized spacial score (nSPS) is 19.5. The molecule has 0 aromatic heterocycles. The van der Waals surface area contributed by atoms with Crippen LogP contribution in [0.15, 0.2) is 54.1 Å². The third-order valence-corrected chi connectivity index (χ3v) is 5.55. The molecular weight excluding hydrogens is 382 g/mol. The molecule has 1 fully saturated rings. The van der Waals surface area contributed by atoms with Crippen LogP contribution in [0.4, 0.5) is 0 Å². The fraction of sp³-hybridized carbons (Fsp3) is 0.333. The van der Waals surface area contributed by atoms with E-state index in [9.17, 15) is 14.7 Å². The molecule has 2 aromatic carbocycles. The lowest BCUT2D eigenvalue weighted by Crippen LogP contribution is -2.30. The quantitative estimate of drug-likeness (QED) is 0.318. The largest absolute Gasteiger partial charge is 0.507 e. The zero-order chi connectivity index (χ0) is 21.1. The van der Waals surface area contributed by atoms with Gasteiger partial charge in [-0.15, -0.1) is 0 Å². The van der Waals surface area contributed by atoms with E-state index in [1.807, 2.05) is 12.1 Å². The second kappa shape index (κ2) is 8.61. The van der Waals surface area contributed by atoms with Crippen molar-refractivity contribution in [3.8, 4) is 11.5 Å². The SMILES string of the molecule is CCCCCCN1C(=O)C(=O)C(=C(O)c2ccccc2)[C@H]1c1ccc2c(c1)OCO2. The van der Waals surface area contributed by atoms with Crippen LogP contribution in [-0.4, -0.2) is 35.0 Å². The van der Waals surface area contributed by atoms with Crippen molar-refractivity contribution in [2.75, 3.05) is 13.3 Å². The highest BCUT2D eigenvalue weighted by molar-refractivity contribution is 6.46. The molecule has 1 amide bonds. The highest BCUT2D eigenvalue weighted by Gasteiger charge is 2.46. The number of hydrogen-bond acceptors (Lipinski definition) is 5. The van der Waals surface area contributed by atoms with Gasteiger partial charge in [-0.3, -0.25) is 9.59 Å². The topological polar surface area (TPSA) is 76.1 Å². The third kappa shape index (κ3) is 3.65. The number of benzene rings is 2. The standard InChI is InChI=1S/C24H25NO5/c1-2-3-4-8-13-25-21(17-11-12-18-19(14-17)30-15-29-18)20(23(27)24(25)28)22(26)16-9-6-5-7-10-16/h5-7,9-12,14,21,26H,2-4,8,13,15H2,1H3/t21-/m1/s1. The molecule has 6 heteroatoms. The van der Waals surface area contributed by atoms with Gasteiger partial charge >= 0.3 is 0 Å². The summed E-state index contributed by atoms with van der Waals surface area (Å²) in [5.74, 6) is -0.195. The molecule has 0 saturated carbocycles. The Balaban J connectivity index is 1.77. The van der Waals surface area contributed by atoms with Crippen molar-refractivity contribution in [3.63, 3.8) is 0 Å². The van der Waals surface area contributed by atoms with Crippen molar-refractivity contribution < 1.29 is 24.2 Å². The monoisotopic (exact) mass is 407 g/mol. The number of unbranched alkanes of at least 4 members (excludes halogenated alkanes) is 3. The molecule has 1 saturated heterocycles. The number of likely N-dealkylation sites (tertiary alicyclic amines) is 1. The number of nitrogens with zero attached hydrogens (tertiary/aromatic N) is 1. The van der Waals surface area contributed by atoms with Gasteiger partial charge in [-0.1, -0.05) is 62.6 Å². The van der Waals surface area contributed by atoms with Crippen LogP contribution in [0.1, 0.15) is 49.8 Å². The number of aliphatic hydroxyl groups is 1. The number of carbonyl (C=O) groups is 2. The van der Waals surface area contributed by atoms with E-state index in [4.69, 9.17) is 9.47 Å². The van der Waals surface area contributed by atoms with Crippen LogP contribution in [0.3, 0.4) is 0 Å². The lowest BCUT2D eigenvalue weighted by molar-refractivity contribution is -0.139. The van der Waals surface area contributed by atoms with Gasteiger partial charge in [0, 0.05) is 12.1 Å². The molecule has 2 heterocycles. The summed E-state index contributed by atoms with van der Waals surface area (Å²) in [6.45, 7) is 2.72. The molecule has 0 spiro atoms. The lowest BCUT2D eigenvalue weighted by Gasteiger charge is -2.25. The summed E-state index contributed by atoms with van der Waals surface area (Å²) in [5.41, 5.74) is 1.33. The predicted octanol–water partition coefficient (Wildman–Crippen LogP) is 4.42. The summed E-state index contributed by atoms with van der Waals surface area (Å²) in [5, 5.41) is 11.0. The Morgan fingerprint density at radius 1 is 1.03 bits per heavy atom. The molecule has 2 aromatic rings. The molecule has 2 aliphatic rings. The molecule has 2 aliphatic heterocycles. The van der Waals surface area contributed by atoms with Gasteiger partial charge in [-0.05, 0) is 24.1 Å². The molecular formula is C24H25NO5. The summed E-state index contributed by atoms with van der Waals surface area (Å²) in [7, 11) is 0. The first-order valence-corrected chi connectivity index (χ1v) is 10.3. The Morgan fingerprint density at radius 2 is 1.80 bits per heavy atom. The molecule has 4 rings (SSSR count). The van der Waals surface area contributed by atoms with Gasteiger partial charge in [-0.2, -0.15) is 0 Å². The van der Waals surface area contributed by atoms with Crippen molar-refractivity contribution in [1.82, 2.24) is 4.90 Å². The third-order valence-electron chi connectivity index (χ3n) is 5.55. The minimum Gasteiger partial charge on any atom is -0.507 e. The highest BCUT2D eigenvalue weighted by Crippen LogP contribution is 2.43. The van der Waals surface area contributed by atoms with Crippen molar-refractivity contribution in [1.29, 1.82) is 0 Å². The molecule has 0 radical (unpaired) electrons. The maximum atomic E-state index is 13.0. The number of ketones is 1. The first kappa shape index (κ1) is 20.0. The Labute approximate surface area is 175 Å². The summed E-state index contributed by atoms with van der Waals surface area (Å²) in [6.07, 6.45) is 3.93. The number of rotatable bonds is 7. The Hall–Kier alpha value is -3.28. The van der Waals surface area contributed by atoms with E-state index in [1.54, 1.807) is 41.3 Å². The van der Waals surface area contributed by atoms with Gasteiger partial charge in [0.2, 0.25) is 6.79 Å². The first-order chi connectivity index (χ1) is 14.6. The van der Waals surface area contributed by atoms with Gasteiger partial charge in [0.1, 0.15) is 5.76 Å². The molecule has 156 valence electrons. The summed E-state index contributed by atoms with van der Waals surface area (Å²) in [4.78, 5) is 27.5. The number of aliphatic hydroxyl groups excluding tert-OH is 1. The van der Waals surface area contributed by atoms with Gasteiger partial charge < -0.3 is 19.5 Å². The molecule has 0 bridgehead atoms. The first-order valence-electron chi connectivity index (χ1n) is 10.3. The van der Waals surface area contributed by atoms with Crippen molar-refractivity contribution in [3.05, 3.63) is 65.2 Å². The second-order valence-corrected chi connectivity index (χ2v) is 7.53. The Bertz CT molecular complexity index is 982. The number of hydrogen-bond donors (Lipinski definition) is 1. The Morgan fingerprint density at radius 3 is 2.57 bits per heavy atom. The van der Waals surface area contributed by atoms with Crippen molar-refractivity contribution >= 4 is 17.4 Å². The van der Waals surface area contributed by atoms with E-state index in [1.165, 1.54) is 0 Å². The molecule has 1 atom stereocenters. The maximum absolute atomic E-state index is 13.0. The number of Topliss-reactive ketones (excluding diaryl/α,β-unsaturated/α-hetero) is 1.